The van der Waals surface area contributed by atoms with E-state index < -0.39 is 18.8 Å². The first-order chi connectivity index (χ1) is 27.8. The van der Waals surface area contributed by atoms with E-state index in [1.165, 1.54) is 48.0 Å². The first-order valence-corrected chi connectivity index (χ1v) is 18.5. The minimum absolute atomic E-state index is 0.0270. The topological polar surface area (TPSA) is 124 Å². The van der Waals surface area contributed by atoms with E-state index >= 15 is 0 Å². The van der Waals surface area contributed by atoms with Crippen LogP contribution in [0.15, 0.2) is 94.0 Å². The zero-order valence-electron chi connectivity index (χ0n) is 32.4. The highest BCUT2D eigenvalue weighted by Crippen LogP contribution is 2.43. The number of carbonyl (C=O) groups excluding carboxylic acids is 2. The molecule has 4 aromatic carbocycles. The molecular weight excluding hydrogens is 756 g/mol. The predicted molar refractivity (Wildman–Crippen MR) is 215 cm³/mol. The van der Waals surface area contributed by atoms with Crippen molar-refractivity contribution in [3.05, 3.63) is 108 Å². The molecule has 300 valence electrons. The molecule has 0 aliphatic carbocycles. The number of nitrogens with one attached hydrogen (secondary N) is 3. The van der Waals surface area contributed by atoms with E-state index in [1.807, 2.05) is 39.8 Å². The molecule has 0 aliphatic rings. The predicted octanol–water partition coefficient (Wildman–Crippen LogP) is 10.5. The second-order valence-electron chi connectivity index (χ2n) is 14.0. The number of hydrogen-bond donors (Lipinski definition) is 3. The number of nitrogens with zero attached hydrogens (tertiary/aromatic N) is 1. The number of furan rings is 2. The lowest BCUT2D eigenvalue weighted by Crippen LogP contribution is -2.18. The number of amides is 2. The summed E-state index contributed by atoms with van der Waals surface area (Å²) in [7, 11) is 3.06. The second-order valence-corrected chi connectivity index (χ2v) is 14.0. The van der Waals surface area contributed by atoms with E-state index in [2.05, 4.69) is 15.6 Å². The Morgan fingerprint density at radius 2 is 1.17 bits per heavy atom. The minimum Gasteiger partial charge on any atom is -0.489 e. The average Bonchev–Trinajstić information content (AvgIpc) is 3.99. The van der Waals surface area contributed by atoms with E-state index in [1.54, 1.807) is 43.7 Å². The third-order valence-electron chi connectivity index (χ3n) is 9.30. The summed E-state index contributed by atoms with van der Waals surface area (Å²) >= 11 is 0. The molecule has 0 fully saturated rings. The van der Waals surface area contributed by atoms with E-state index in [9.17, 15) is 27.2 Å². The van der Waals surface area contributed by atoms with Gasteiger partial charge in [-0.05, 0) is 100 Å². The lowest BCUT2D eigenvalue weighted by atomic mass is 10.0. The summed E-state index contributed by atoms with van der Waals surface area (Å²) in [5.74, 6) is 0.247. The summed E-state index contributed by atoms with van der Waals surface area (Å²) < 4.78 is 78.6. The number of hydrogen-bond acceptors (Lipinski definition) is 6. The first-order valence-electron chi connectivity index (χ1n) is 18.5. The van der Waals surface area contributed by atoms with Crippen molar-refractivity contribution in [2.45, 2.75) is 52.9 Å². The van der Waals surface area contributed by atoms with E-state index in [0.717, 1.165) is 10.9 Å². The summed E-state index contributed by atoms with van der Waals surface area (Å²) in [4.78, 5) is 28.6. The number of fused-ring (bicyclic) bond motifs is 6. The first kappa shape index (κ1) is 39.5. The zero-order chi connectivity index (χ0) is 41.4. The molecule has 8 rings (SSSR count). The van der Waals surface area contributed by atoms with Crippen LogP contribution in [-0.2, 0) is 6.54 Å². The number of H-pyrrole nitrogens is 1. The standard InChI is InChI=1S/C23H21F3N2O3.C21H19FN2O3/c1-12(2)30-17-10-16-19(23(29)27-3)21(13-4-6-14(24)7-5-13)31-22(16)15-8-9-28(20(15)17)11-18(25)26;1-11(2)26-16-10-15-17(21(25)23-3)19(12-4-6-13(22)7-5-12)27-20(15)14-8-9-24-18(14)16/h4-10,12,18H,11H2,1-3H3,(H,27,29);4-11,24H,1-3H3,(H,23,25). The third kappa shape index (κ3) is 7.44. The van der Waals surface area contributed by atoms with Crippen LogP contribution < -0.4 is 20.1 Å². The number of benzene rings is 4. The van der Waals surface area contributed by atoms with Crippen molar-refractivity contribution in [1.82, 2.24) is 20.2 Å². The Hall–Kier alpha value is -6.70. The Morgan fingerprint density at radius 3 is 1.66 bits per heavy atom. The number of rotatable bonds is 10. The number of aromatic amines is 1. The summed E-state index contributed by atoms with van der Waals surface area (Å²) in [5.41, 5.74) is 4.03. The highest BCUT2D eigenvalue weighted by atomic mass is 19.3. The fraction of sp³-hybridized carbons (Fsp3) is 0.227. The fourth-order valence-electron chi connectivity index (χ4n) is 6.96. The van der Waals surface area contributed by atoms with Gasteiger partial charge in [-0.2, -0.15) is 0 Å². The van der Waals surface area contributed by atoms with Gasteiger partial charge in [-0.3, -0.25) is 9.59 Å². The largest absolute Gasteiger partial charge is 0.489 e. The maximum atomic E-state index is 13.4. The van der Waals surface area contributed by atoms with Crippen molar-refractivity contribution in [3.8, 4) is 34.1 Å². The molecule has 10 nitrogen and oxygen atoms in total. The Bertz CT molecular complexity index is 2780. The average molecular weight is 797 g/mol. The van der Waals surface area contributed by atoms with Gasteiger partial charge in [-0.1, -0.05) is 0 Å². The Morgan fingerprint density at radius 1 is 0.690 bits per heavy atom. The van der Waals surface area contributed by atoms with Gasteiger partial charge in [0.15, 0.2) is 0 Å². The molecule has 0 aliphatic heterocycles. The van der Waals surface area contributed by atoms with Crippen LogP contribution in [0, 0.1) is 11.6 Å². The van der Waals surface area contributed by atoms with Gasteiger partial charge in [0.1, 0.15) is 45.8 Å². The van der Waals surface area contributed by atoms with Crippen LogP contribution in [0.4, 0.5) is 17.6 Å². The van der Waals surface area contributed by atoms with Crippen LogP contribution in [0.1, 0.15) is 48.4 Å². The second kappa shape index (κ2) is 16.0. The molecule has 3 N–H and O–H groups in total. The molecule has 8 aromatic rings. The molecule has 0 spiro atoms. The van der Waals surface area contributed by atoms with Gasteiger partial charge in [0.25, 0.3) is 18.2 Å². The van der Waals surface area contributed by atoms with Crippen molar-refractivity contribution in [2.24, 2.45) is 0 Å². The quantitative estimate of drug-likeness (QED) is 0.118. The summed E-state index contributed by atoms with van der Waals surface area (Å²) in [6, 6.07) is 18.5. The van der Waals surface area contributed by atoms with Crippen LogP contribution >= 0.6 is 0 Å². The monoisotopic (exact) mass is 796 g/mol. The van der Waals surface area contributed by atoms with Crippen molar-refractivity contribution < 1.29 is 45.5 Å². The lowest BCUT2D eigenvalue weighted by molar-refractivity contribution is 0.0956. The van der Waals surface area contributed by atoms with Crippen LogP contribution in [-0.4, -0.2) is 54.1 Å². The van der Waals surface area contributed by atoms with Crippen molar-refractivity contribution in [2.75, 3.05) is 14.1 Å². The maximum Gasteiger partial charge on any atom is 0.256 e. The number of aromatic nitrogens is 2. The summed E-state index contributed by atoms with van der Waals surface area (Å²) in [6.45, 7) is 7.04. The van der Waals surface area contributed by atoms with E-state index in [0.29, 0.717) is 66.8 Å². The normalized spacial score (nSPS) is 11.6. The van der Waals surface area contributed by atoms with Gasteiger partial charge in [-0.15, -0.1) is 0 Å². The number of carbonyl (C=O) groups is 2. The maximum absolute atomic E-state index is 13.4. The van der Waals surface area contributed by atoms with Gasteiger partial charge >= 0.3 is 0 Å². The third-order valence-corrected chi connectivity index (χ3v) is 9.30. The zero-order valence-corrected chi connectivity index (χ0v) is 32.4. The van der Waals surface area contributed by atoms with Gasteiger partial charge in [0.05, 0.1) is 40.9 Å². The number of ether oxygens (including phenoxy) is 2. The molecule has 0 unspecified atom stereocenters. The van der Waals surface area contributed by atoms with E-state index in [-0.39, 0.29) is 41.2 Å². The Labute approximate surface area is 329 Å². The minimum atomic E-state index is -2.55. The van der Waals surface area contributed by atoms with Gasteiger partial charge < -0.3 is 38.5 Å². The van der Waals surface area contributed by atoms with Crippen molar-refractivity contribution in [1.29, 1.82) is 0 Å². The van der Waals surface area contributed by atoms with Crippen LogP contribution in [0.5, 0.6) is 11.5 Å². The summed E-state index contributed by atoms with van der Waals surface area (Å²) in [5, 5.41) is 7.77. The van der Waals surface area contributed by atoms with Gasteiger partial charge in [0.2, 0.25) is 0 Å². The molecule has 0 bridgehead atoms. The van der Waals surface area contributed by atoms with E-state index in [4.69, 9.17) is 18.3 Å². The Balaban J connectivity index is 0.000000178. The van der Waals surface area contributed by atoms with Crippen molar-refractivity contribution in [3.63, 3.8) is 0 Å². The molecule has 0 atom stereocenters. The summed E-state index contributed by atoms with van der Waals surface area (Å²) in [6.07, 6.45) is 0.550. The van der Waals surface area contributed by atoms with Gasteiger partial charge in [-0.25, -0.2) is 17.6 Å². The molecule has 14 heteroatoms. The van der Waals surface area contributed by atoms with Crippen LogP contribution in [0.25, 0.3) is 66.4 Å². The lowest BCUT2D eigenvalue weighted by Gasteiger charge is -2.14. The SMILES string of the molecule is CNC(=O)c1c(-c2ccc(F)cc2)oc2c1cc(OC(C)C)c1[nH]ccc12.CNC(=O)c1c(-c2ccc(F)cc2)oc2c1cc(OC(C)C)c1c2ccn1CC(F)F. The molecule has 0 saturated carbocycles. The Kier molecular flexibility index (Phi) is 10.9. The van der Waals surface area contributed by atoms with Crippen molar-refractivity contribution >= 4 is 55.6 Å². The molecule has 58 heavy (non-hydrogen) atoms. The number of halogens is 4. The molecule has 4 aromatic heterocycles. The number of alkyl halides is 2. The highest BCUT2D eigenvalue weighted by Gasteiger charge is 2.27. The van der Waals surface area contributed by atoms with Crippen LogP contribution in [0.2, 0.25) is 0 Å². The fourth-order valence-corrected chi connectivity index (χ4v) is 6.96. The molecule has 0 radical (unpaired) electrons. The smallest absolute Gasteiger partial charge is 0.256 e. The molecule has 4 heterocycles. The van der Waals surface area contributed by atoms with Gasteiger partial charge in [0, 0.05) is 59.2 Å². The molecule has 2 amide bonds. The highest BCUT2D eigenvalue weighted by molar-refractivity contribution is 6.19. The van der Waals surface area contributed by atoms with Crippen LogP contribution in [0.3, 0.4) is 0 Å². The molecule has 0 saturated heterocycles. The molecular formula is C44H40F4N4O6.